The van der Waals surface area contributed by atoms with Crippen LogP contribution in [0.2, 0.25) is 0 Å². The van der Waals surface area contributed by atoms with E-state index in [0.29, 0.717) is 12.2 Å². The predicted molar refractivity (Wildman–Crippen MR) is 66.2 cm³/mol. The molecule has 0 atom stereocenters. The van der Waals surface area contributed by atoms with E-state index in [-0.39, 0.29) is 17.7 Å². The Morgan fingerprint density at radius 1 is 1.44 bits per heavy atom. The Morgan fingerprint density at radius 2 is 2.11 bits per heavy atom. The molecule has 0 radical (unpaired) electrons. The van der Waals surface area contributed by atoms with Crippen LogP contribution in [0.4, 0.5) is 0 Å². The van der Waals surface area contributed by atoms with Gasteiger partial charge in [0.2, 0.25) is 0 Å². The van der Waals surface area contributed by atoms with E-state index < -0.39 is 5.97 Å². The zero-order valence-corrected chi connectivity index (χ0v) is 10.7. The van der Waals surface area contributed by atoms with Crippen LogP contribution in [0.3, 0.4) is 0 Å². The molecule has 0 unspecified atom stereocenters. The normalized spacial score (nSPS) is 11.5. The number of aliphatic hydroxyl groups excluding tert-OH is 1. The van der Waals surface area contributed by atoms with Gasteiger partial charge in [-0.2, -0.15) is 0 Å². The number of nitrogens with zero attached hydrogens (tertiary/aromatic N) is 2. The molecule has 3 N–H and O–H groups in total. The van der Waals surface area contributed by atoms with E-state index in [1.54, 1.807) is 0 Å². The smallest absolute Gasteiger partial charge is 0.339 e. The van der Waals surface area contributed by atoms with Crippen molar-refractivity contribution in [3.8, 4) is 0 Å². The topological polar surface area (TPSA) is 95.3 Å². The molecule has 0 aliphatic heterocycles. The summed E-state index contributed by atoms with van der Waals surface area (Å²) in [5.74, 6) is -1.05. The molecule has 0 amide bonds. The summed E-state index contributed by atoms with van der Waals surface area (Å²) in [5.41, 5.74) is 0.127. The van der Waals surface area contributed by atoms with Crippen molar-refractivity contribution in [1.29, 1.82) is 0 Å². The quantitative estimate of drug-likeness (QED) is 0.665. The largest absolute Gasteiger partial charge is 0.478 e. The first-order valence-electron chi connectivity index (χ1n) is 5.96. The number of aromatic nitrogens is 2. The van der Waals surface area contributed by atoms with Crippen molar-refractivity contribution in [2.45, 2.75) is 38.8 Å². The van der Waals surface area contributed by atoms with Crippen molar-refractivity contribution in [2.75, 3.05) is 6.61 Å². The van der Waals surface area contributed by atoms with Gasteiger partial charge in [-0.15, -0.1) is 0 Å². The standard InChI is InChI=1S/C12H19N3O3/c1-3-12(4-2,7-16)15-6-10-9(11(17)18)5-13-8-14-10/h5,8,15-16H,3-4,6-7H2,1-2H3,(H,17,18). The van der Waals surface area contributed by atoms with Crippen molar-refractivity contribution in [2.24, 2.45) is 0 Å². The molecular weight excluding hydrogens is 234 g/mol. The minimum absolute atomic E-state index is 0.00743. The fourth-order valence-electron chi connectivity index (χ4n) is 1.73. The van der Waals surface area contributed by atoms with Crippen molar-refractivity contribution < 1.29 is 15.0 Å². The van der Waals surface area contributed by atoms with Crippen LogP contribution in [0.5, 0.6) is 0 Å². The van der Waals surface area contributed by atoms with Gasteiger partial charge in [-0.3, -0.25) is 0 Å². The second-order valence-corrected chi connectivity index (χ2v) is 4.19. The molecule has 0 fully saturated rings. The number of nitrogens with one attached hydrogen (secondary N) is 1. The average molecular weight is 253 g/mol. The lowest BCUT2D eigenvalue weighted by Crippen LogP contribution is -2.47. The number of hydrogen-bond donors (Lipinski definition) is 3. The summed E-state index contributed by atoms with van der Waals surface area (Å²) in [7, 11) is 0. The van der Waals surface area contributed by atoms with Gasteiger partial charge in [0.1, 0.15) is 11.9 Å². The van der Waals surface area contributed by atoms with E-state index in [4.69, 9.17) is 5.11 Å². The van der Waals surface area contributed by atoms with Gasteiger partial charge in [-0.05, 0) is 12.8 Å². The highest BCUT2D eigenvalue weighted by Crippen LogP contribution is 2.15. The van der Waals surface area contributed by atoms with Crippen molar-refractivity contribution in [3.05, 3.63) is 23.8 Å². The molecule has 0 spiro atoms. The minimum Gasteiger partial charge on any atom is -0.478 e. The highest BCUT2D eigenvalue weighted by molar-refractivity contribution is 5.88. The van der Waals surface area contributed by atoms with Crippen LogP contribution in [0.25, 0.3) is 0 Å². The zero-order valence-electron chi connectivity index (χ0n) is 10.7. The molecule has 1 heterocycles. The average Bonchev–Trinajstić information content (AvgIpc) is 2.41. The number of carboxylic acids is 1. The van der Waals surface area contributed by atoms with Gasteiger partial charge in [0.25, 0.3) is 0 Å². The van der Waals surface area contributed by atoms with Crippen molar-refractivity contribution in [3.63, 3.8) is 0 Å². The van der Waals surface area contributed by atoms with E-state index in [0.717, 1.165) is 12.8 Å². The summed E-state index contributed by atoms with van der Waals surface area (Å²) in [6.45, 7) is 4.26. The van der Waals surface area contributed by atoms with Crippen LogP contribution in [0.1, 0.15) is 42.7 Å². The molecule has 1 aromatic heterocycles. The highest BCUT2D eigenvalue weighted by atomic mass is 16.4. The van der Waals surface area contributed by atoms with Gasteiger partial charge in [0.05, 0.1) is 12.3 Å². The van der Waals surface area contributed by atoms with Gasteiger partial charge < -0.3 is 15.5 Å². The molecule has 1 rings (SSSR count). The number of carboxylic acid groups (broad SMARTS) is 1. The zero-order chi connectivity index (χ0) is 13.6. The van der Waals surface area contributed by atoms with Crippen molar-refractivity contribution >= 4 is 5.97 Å². The fraction of sp³-hybridized carbons (Fsp3) is 0.583. The summed E-state index contributed by atoms with van der Waals surface area (Å²) in [5, 5.41) is 21.6. The molecule has 0 saturated heterocycles. The third kappa shape index (κ3) is 3.24. The number of aliphatic hydroxyl groups is 1. The third-order valence-electron chi connectivity index (χ3n) is 3.31. The van der Waals surface area contributed by atoms with E-state index in [1.165, 1.54) is 12.5 Å². The first-order valence-corrected chi connectivity index (χ1v) is 5.96. The van der Waals surface area contributed by atoms with Gasteiger partial charge in [-0.1, -0.05) is 13.8 Å². The Morgan fingerprint density at radius 3 is 2.61 bits per heavy atom. The van der Waals surface area contributed by atoms with E-state index in [2.05, 4.69) is 15.3 Å². The number of rotatable bonds is 7. The van der Waals surface area contributed by atoms with Crippen LogP contribution in [0, 0.1) is 0 Å². The molecule has 0 aromatic carbocycles. The van der Waals surface area contributed by atoms with Crippen molar-refractivity contribution in [1.82, 2.24) is 15.3 Å². The summed E-state index contributed by atoms with van der Waals surface area (Å²) in [4.78, 5) is 18.7. The van der Waals surface area contributed by atoms with E-state index in [9.17, 15) is 9.90 Å². The molecule has 0 bridgehead atoms. The monoisotopic (exact) mass is 253 g/mol. The summed E-state index contributed by atoms with van der Waals surface area (Å²) in [6, 6.07) is 0. The first-order chi connectivity index (χ1) is 8.58. The second kappa shape index (κ2) is 6.42. The Labute approximate surface area is 106 Å². The molecule has 0 aliphatic rings. The Hall–Kier alpha value is -1.53. The lowest BCUT2D eigenvalue weighted by Gasteiger charge is -2.30. The van der Waals surface area contributed by atoms with Crippen LogP contribution in [-0.4, -0.2) is 38.3 Å². The fourth-order valence-corrected chi connectivity index (χ4v) is 1.73. The van der Waals surface area contributed by atoms with Crippen LogP contribution in [0.15, 0.2) is 12.5 Å². The van der Waals surface area contributed by atoms with E-state index >= 15 is 0 Å². The minimum atomic E-state index is -1.05. The number of aromatic carboxylic acids is 1. The van der Waals surface area contributed by atoms with Gasteiger partial charge in [0, 0.05) is 18.3 Å². The highest BCUT2D eigenvalue weighted by Gasteiger charge is 2.25. The first kappa shape index (κ1) is 14.5. The Kier molecular flexibility index (Phi) is 5.18. The Balaban J connectivity index is 2.83. The molecule has 6 nitrogen and oxygen atoms in total. The molecule has 0 aliphatic carbocycles. The molecule has 1 aromatic rings. The summed E-state index contributed by atoms with van der Waals surface area (Å²) < 4.78 is 0. The molecule has 100 valence electrons. The summed E-state index contributed by atoms with van der Waals surface area (Å²) in [6.07, 6.45) is 4.12. The van der Waals surface area contributed by atoms with Gasteiger partial charge >= 0.3 is 5.97 Å². The predicted octanol–water partition coefficient (Wildman–Crippen LogP) is 0.815. The van der Waals surface area contributed by atoms with E-state index in [1.807, 2.05) is 13.8 Å². The maximum absolute atomic E-state index is 11.0. The molecule has 18 heavy (non-hydrogen) atoms. The maximum atomic E-state index is 11.0. The van der Waals surface area contributed by atoms with Gasteiger partial charge in [0.15, 0.2) is 0 Å². The Bertz CT molecular complexity index is 397. The number of carbonyl (C=O) groups is 1. The van der Waals surface area contributed by atoms with Crippen LogP contribution < -0.4 is 5.32 Å². The lowest BCUT2D eigenvalue weighted by atomic mass is 9.93. The molecular formula is C12H19N3O3. The second-order valence-electron chi connectivity index (χ2n) is 4.19. The van der Waals surface area contributed by atoms with Crippen LogP contribution in [-0.2, 0) is 6.54 Å². The SMILES string of the molecule is CCC(CC)(CO)NCc1ncncc1C(=O)O. The van der Waals surface area contributed by atoms with Gasteiger partial charge in [-0.25, -0.2) is 14.8 Å². The number of hydrogen-bond acceptors (Lipinski definition) is 5. The van der Waals surface area contributed by atoms with Crippen LogP contribution >= 0.6 is 0 Å². The molecule has 6 heteroatoms. The summed E-state index contributed by atoms with van der Waals surface area (Å²) >= 11 is 0. The third-order valence-corrected chi connectivity index (χ3v) is 3.31. The lowest BCUT2D eigenvalue weighted by molar-refractivity contribution is 0.0693. The maximum Gasteiger partial charge on any atom is 0.339 e. The molecule has 0 saturated carbocycles.